The number of para-hydroxylation sites is 1. The van der Waals surface area contributed by atoms with Crippen LogP contribution < -0.4 is 0 Å². The summed E-state index contributed by atoms with van der Waals surface area (Å²) in [6.45, 7) is 0.830. The quantitative estimate of drug-likeness (QED) is 0.786. The third kappa shape index (κ3) is 2.74. The average Bonchev–Trinajstić information content (AvgIpc) is 3.05. The van der Waals surface area contributed by atoms with Gasteiger partial charge in [0, 0.05) is 18.4 Å². The minimum Gasteiger partial charge on any atom is -0.452 e. The number of hydrogen-bond donors (Lipinski definition) is 0. The second kappa shape index (κ2) is 5.47. The Hall–Kier alpha value is -1.13. The van der Waals surface area contributed by atoms with Gasteiger partial charge in [-0.15, -0.1) is 0 Å². The summed E-state index contributed by atoms with van der Waals surface area (Å²) in [5.41, 5.74) is 0.739. The van der Waals surface area contributed by atoms with Crippen molar-refractivity contribution in [2.45, 2.75) is 31.8 Å². The molecular weight excluding hydrogens is 308 g/mol. The number of fused-ring (bicyclic) bond motifs is 1. The number of carbonyl (C=O) groups is 1. The Kier molecular flexibility index (Phi) is 3.71. The molecule has 0 amide bonds. The number of hydrogen-bond acceptors (Lipinski definition) is 3. The molecule has 1 fully saturated rings. The number of rotatable bonds is 4. The Morgan fingerprint density at radius 2 is 2.32 bits per heavy atom. The molecule has 4 heteroatoms. The molecule has 2 aromatic rings. The molecule has 0 bridgehead atoms. The lowest BCUT2D eigenvalue weighted by molar-refractivity contribution is 0.0842. The van der Waals surface area contributed by atoms with Gasteiger partial charge in [0.25, 0.3) is 0 Å². The van der Waals surface area contributed by atoms with Gasteiger partial charge in [0.15, 0.2) is 11.5 Å². The summed E-state index contributed by atoms with van der Waals surface area (Å²) in [4.78, 5) is 12.1. The molecule has 1 aromatic heterocycles. The van der Waals surface area contributed by atoms with Crippen LogP contribution in [0.5, 0.6) is 0 Å². The number of furan rings is 1. The molecule has 0 saturated carbocycles. The van der Waals surface area contributed by atoms with Gasteiger partial charge in [0.1, 0.15) is 5.58 Å². The van der Waals surface area contributed by atoms with Crippen molar-refractivity contribution in [3.63, 3.8) is 0 Å². The first-order valence-electron chi connectivity index (χ1n) is 6.57. The lowest BCUT2D eigenvalue weighted by Crippen LogP contribution is -2.08. The Morgan fingerprint density at radius 3 is 3.05 bits per heavy atom. The Morgan fingerprint density at radius 1 is 1.42 bits per heavy atom. The molecule has 1 unspecified atom stereocenters. The number of halogens is 1. The number of ether oxygens (including phenoxy) is 1. The Balaban J connectivity index is 1.72. The molecule has 1 saturated heterocycles. The second-order valence-corrected chi connectivity index (χ2v) is 5.72. The zero-order chi connectivity index (χ0) is 13.2. The standard InChI is InChI=1S/C15H15BrO3/c16-12-5-1-3-10-9-14(19-15(10)12)13(17)7-6-11-4-2-8-18-11/h1,3,5,9,11H,2,4,6-8H2. The SMILES string of the molecule is O=C(CCC1CCCO1)c1cc2cccc(Br)c2o1. The van der Waals surface area contributed by atoms with Gasteiger partial charge in [0.05, 0.1) is 10.6 Å². The Bertz CT molecular complexity index is 596. The average molecular weight is 323 g/mol. The van der Waals surface area contributed by atoms with Crippen LogP contribution in [-0.4, -0.2) is 18.5 Å². The van der Waals surface area contributed by atoms with Gasteiger partial charge < -0.3 is 9.15 Å². The molecule has 1 aromatic carbocycles. The van der Waals surface area contributed by atoms with Crippen LogP contribution in [0.25, 0.3) is 11.0 Å². The fraction of sp³-hybridized carbons (Fsp3) is 0.400. The van der Waals surface area contributed by atoms with Gasteiger partial charge in [-0.1, -0.05) is 12.1 Å². The van der Waals surface area contributed by atoms with E-state index < -0.39 is 0 Å². The van der Waals surface area contributed by atoms with E-state index in [1.807, 2.05) is 24.3 Å². The highest BCUT2D eigenvalue weighted by Crippen LogP contribution is 2.28. The molecule has 3 nitrogen and oxygen atoms in total. The van der Waals surface area contributed by atoms with Crippen LogP contribution in [0.3, 0.4) is 0 Å². The molecular formula is C15H15BrO3. The highest BCUT2D eigenvalue weighted by molar-refractivity contribution is 9.10. The van der Waals surface area contributed by atoms with Crippen molar-refractivity contribution in [2.24, 2.45) is 0 Å². The second-order valence-electron chi connectivity index (χ2n) is 4.87. The van der Waals surface area contributed by atoms with E-state index in [0.29, 0.717) is 12.2 Å². The van der Waals surface area contributed by atoms with E-state index in [0.717, 1.165) is 41.3 Å². The van der Waals surface area contributed by atoms with Gasteiger partial charge in [0.2, 0.25) is 0 Å². The normalized spacial score (nSPS) is 19.1. The van der Waals surface area contributed by atoms with E-state index in [1.54, 1.807) is 0 Å². The maximum atomic E-state index is 12.1. The van der Waals surface area contributed by atoms with Crippen LogP contribution in [0.2, 0.25) is 0 Å². The summed E-state index contributed by atoms with van der Waals surface area (Å²) in [6, 6.07) is 7.60. The number of Topliss-reactive ketones (excluding diaryl/α,β-unsaturated/α-hetero) is 1. The van der Waals surface area contributed by atoms with Gasteiger partial charge >= 0.3 is 0 Å². The predicted molar refractivity (Wildman–Crippen MR) is 76.5 cm³/mol. The van der Waals surface area contributed by atoms with E-state index >= 15 is 0 Å². The minimum absolute atomic E-state index is 0.0543. The summed E-state index contributed by atoms with van der Waals surface area (Å²) in [6.07, 6.45) is 3.70. The third-order valence-corrected chi connectivity index (χ3v) is 4.11. The highest BCUT2D eigenvalue weighted by atomic mass is 79.9. The monoisotopic (exact) mass is 322 g/mol. The van der Waals surface area contributed by atoms with Gasteiger partial charge in [-0.05, 0) is 47.3 Å². The largest absolute Gasteiger partial charge is 0.452 e. The molecule has 1 aliphatic heterocycles. The van der Waals surface area contributed by atoms with Crippen molar-refractivity contribution >= 4 is 32.7 Å². The lowest BCUT2D eigenvalue weighted by Gasteiger charge is -2.06. The summed E-state index contributed by atoms with van der Waals surface area (Å²) in [5.74, 6) is 0.499. The van der Waals surface area contributed by atoms with E-state index in [9.17, 15) is 4.79 Å². The molecule has 1 atom stereocenters. The van der Waals surface area contributed by atoms with Crippen LogP contribution in [0.1, 0.15) is 36.2 Å². The molecule has 19 heavy (non-hydrogen) atoms. The van der Waals surface area contributed by atoms with Crippen molar-refractivity contribution in [1.82, 2.24) is 0 Å². The van der Waals surface area contributed by atoms with Crippen LogP contribution in [0, 0.1) is 0 Å². The van der Waals surface area contributed by atoms with Gasteiger partial charge in [-0.3, -0.25) is 4.79 Å². The first-order chi connectivity index (χ1) is 9.24. The van der Waals surface area contributed by atoms with Gasteiger partial charge in [-0.25, -0.2) is 0 Å². The smallest absolute Gasteiger partial charge is 0.198 e. The van der Waals surface area contributed by atoms with Crippen LogP contribution >= 0.6 is 15.9 Å². The van der Waals surface area contributed by atoms with Crippen molar-refractivity contribution in [1.29, 1.82) is 0 Å². The fourth-order valence-electron chi connectivity index (χ4n) is 2.45. The number of ketones is 1. The van der Waals surface area contributed by atoms with E-state index in [2.05, 4.69) is 15.9 Å². The highest BCUT2D eigenvalue weighted by Gasteiger charge is 2.19. The molecule has 0 aliphatic carbocycles. The van der Waals surface area contributed by atoms with Gasteiger partial charge in [-0.2, -0.15) is 0 Å². The third-order valence-electron chi connectivity index (χ3n) is 3.49. The molecule has 0 N–H and O–H groups in total. The maximum Gasteiger partial charge on any atom is 0.198 e. The topological polar surface area (TPSA) is 39.4 Å². The zero-order valence-electron chi connectivity index (χ0n) is 10.5. The van der Waals surface area contributed by atoms with Crippen LogP contribution in [-0.2, 0) is 4.74 Å². The van der Waals surface area contributed by atoms with Crippen molar-refractivity contribution < 1.29 is 13.9 Å². The Labute approximate surface area is 120 Å². The summed E-state index contributed by atoms with van der Waals surface area (Å²) < 4.78 is 12.0. The molecule has 0 spiro atoms. The van der Waals surface area contributed by atoms with Crippen molar-refractivity contribution in [3.8, 4) is 0 Å². The zero-order valence-corrected chi connectivity index (χ0v) is 12.1. The van der Waals surface area contributed by atoms with Crippen LogP contribution in [0.4, 0.5) is 0 Å². The minimum atomic E-state index is 0.0543. The molecule has 1 aliphatic rings. The molecule has 100 valence electrons. The summed E-state index contributed by atoms with van der Waals surface area (Å²) >= 11 is 3.43. The summed E-state index contributed by atoms with van der Waals surface area (Å²) in [5, 5.41) is 0.954. The number of carbonyl (C=O) groups excluding carboxylic acids is 1. The van der Waals surface area contributed by atoms with Crippen molar-refractivity contribution in [3.05, 3.63) is 34.5 Å². The molecule has 0 radical (unpaired) electrons. The first kappa shape index (κ1) is 12.9. The molecule has 3 rings (SSSR count). The fourth-order valence-corrected chi connectivity index (χ4v) is 2.91. The first-order valence-corrected chi connectivity index (χ1v) is 7.36. The summed E-state index contributed by atoms with van der Waals surface area (Å²) in [7, 11) is 0. The number of benzene rings is 1. The lowest BCUT2D eigenvalue weighted by atomic mass is 10.1. The predicted octanol–water partition coefficient (Wildman–Crippen LogP) is 4.34. The maximum absolute atomic E-state index is 12.1. The van der Waals surface area contributed by atoms with Crippen LogP contribution in [0.15, 0.2) is 33.2 Å². The van der Waals surface area contributed by atoms with Crippen molar-refractivity contribution in [2.75, 3.05) is 6.61 Å². The van der Waals surface area contributed by atoms with E-state index in [1.165, 1.54) is 0 Å². The van der Waals surface area contributed by atoms with E-state index in [4.69, 9.17) is 9.15 Å². The van der Waals surface area contributed by atoms with E-state index in [-0.39, 0.29) is 11.9 Å². The molecule has 2 heterocycles.